The molecule has 4 heteroatoms. The minimum Gasteiger partial charge on any atom is -0.508 e. The zero-order chi connectivity index (χ0) is 15.7. The summed E-state index contributed by atoms with van der Waals surface area (Å²) >= 11 is 0. The average molecular weight is 302 g/mol. The van der Waals surface area contributed by atoms with E-state index >= 15 is 0 Å². The van der Waals surface area contributed by atoms with Gasteiger partial charge in [0.25, 0.3) is 0 Å². The third kappa shape index (κ3) is 3.12. The molecule has 0 radical (unpaired) electrons. The van der Waals surface area contributed by atoms with Crippen molar-refractivity contribution < 1.29 is 9.90 Å². The summed E-state index contributed by atoms with van der Waals surface area (Å²) in [6.07, 6.45) is 2.61. The van der Waals surface area contributed by atoms with Crippen molar-refractivity contribution in [2.45, 2.75) is 45.7 Å². The fourth-order valence-electron chi connectivity index (χ4n) is 3.76. The van der Waals surface area contributed by atoms with E-state index in [9.17, 15) is 9.90 Å². The first-order valence-electron chi connectivity index (χ1n) is 8.36. The Morgan fingerprint density at radius 1 is 1.32 bits per heavy atom. The predicted molar refractivity (Wildman–Crippen MR) is 86.7 cm³/mol. The van der Waals surface area contributed by atoms with Gasteiger partial charge in [-0.15, -0.1) is 0 Å². The molecule has 1 fully saturated rings. The molecule has 0 bridgehead atoms. The Bertz CT molecular complexity index is 556. The van der Waals surface area contributed by atoms with E-state index in [1.54, 1.807) is 6.07 Å². The molecule has 1 unspecified atom stereocenters. The van der Waals surface area contributed by atoms with Gasteiger partial charge in [0, 0.05) is 38.6 Å². The van der Waals surface area contributed by atoms with E-state index in [4.69, 9.17) is 0 Å². The summed E-state index contributed by atoms with van der Waals surface area (Å²) in [5.41, 5.74) is 2.36. The molecule has 0 aromatic heterocycles. The lowest BCUT2D eigenvalue weighted by atomic mass is 9.93. The maximum atomic E-state index is 12.0. The predicted octanol–water partition coefficient (Wildman–Crippen LogP) is 2.40. The summed E-state index contributed by atoms with van der Waals surface area (Å²) in [6, 6.07) is 6.12. The Morgan fingerprint density at radius 2 is 2.14 bits per heavy atom. The molecule has 120 valence electrons. The van der Waals surface area contributed by atoms with Crippen LogP contribution in [0.3, 0.4) is 0 Å². The first-order chi connectivity index (χ1) is 10.5. The van der Waals surface area contributed by atoms with Gasteiger partial charge in [-0.25, -0.2) is 0 Å². The van der Waals surface area contributed by atoms with Gasteiger partial charge >= 0.3 is 0 Å². The van der Waals surface area contributed by atoms with Crippen LogP contribution in [0.4, 0.5) is 0 Å². The summed E-state index contributed by atoms with van der Waals surface area (Å²) in [5, 5.41) is 9.93. The largest absolute Gasteiger partial charge is 0.508 e. The molecule has 2 aliphatic rings. The SMILES string of the molecule is CC(C)N1CC(CN2CCc3c(O)cccc3C2)CCC1=O. The lowest BCUT2D eigenvalue weighted by molar-refractivity contribution is -0.137. The fraction of sp³-hybridized carbons (Fsp3) is 0.611. The molecule has 0 aliphatic carbocycles. The number of carbonyl (C=O) groups is 1. The van der Waals surface area contributed by atoms with Gasteiger partial charge in [0.2, 0.25) is 5.91 Å². The van der Waals surface area contributed by atoms with Crippen LogP contribution >= 0.6 is 0 Å². The number of fused-ring (bicyclic) bond motifs is 1. The van der Waals surface area contributed by atoms with Crippen LogP contribution in [-0.4, -0.2) is 46.5 Å². The van der Waals surface area contributed by atoms with Crippen LogP contribution < -0.4 is 0 Å². The topological polar surface area (TPSA) is 43.8 Å². The first kappa shape index (κ1) is 15.3. The summed E-state index contributed by atoms with van der Waals surface area (Å²) in [7, 11) is 0. The second-order valence-electron chi connectivity index (χ2n) is 6.94. The van der Waals surface area contributed by atoms with E-state index < -0.39 is 0 Å². The highest BCUT2D eigenvalue weighted by Crippen LogP contribution is 2.28. The minimum atomic E-state index is 0.300. The Kier molecular flexibility index (Phi) is 4.39. The number of hydrogen-bond donors (Lipinski definition) is 1. The van der Waals surface area contributed by atoms with Crippen LogP contribution in [0, 0.1) is 5.92 Å². The Balaban J connectivity index is 1.62. The van der Waals surface area contributed by atoms with Gasteiger partial charge in [-0.3, -0.25) is 9.69 Å². The van der Waals surface area contributed by atoms with Gasteiger partial charge in [0.05, 0.1) is 0 Å². The zero-order valence-electron chi connectivity index (χ0n) is 13.6. The van der Waals surface area contributed by atoms with Crippen LogP contribution in [-0.2, 0) is 17.8 Å². The standard InChI is InChI=1S/C18H26N2O2/c1-13(2)20-11-14(6-7-18(20)22)10-19-9-8-16-15(12-19)4-3-5-17(16)21/h3-5,13-14,21H,6-12H2,1-2H3. The highest BCUT2D eigenvalue weighted by molar-refractivity contribution is 5.77. The molecule has 3 rings (SSSR count). The number of phenolic OH excluding ortho intramolecular Hbond substituents is 1. The van der Waals surface area contributed by atoms with Crippen molar-refractivity contribution in [1.82, 2.24) is 9.80 Å². The maximum Gasteiger partial charge on any atom is 0.222 e. The third-order valence-corrected chi connectivity index (χ3v) is 5.00. The van der Waals surface area contributed by atoms with Crippen molar-refractivity contribution >= 4 is 5.91 Å². The molecular weight excluding hydrogens is 276 g/mol. The second kappa shape index (κ2) is 6.29. The summed E-state index contributed by atoms with van der Waals surface area (Å²) in [5.74, 6) is 1.31. The molecule has 2 heterocycles. The van der Waals surface area contributed by atoms with Crippen molar-refractivity contribution in [3.8, 4) is 5.75 Å². The number of hydrogen-bond acceptors (Lipinski definition) is 3. The lowest BCUT2D eigenvalue weighted by Crippen LogP contribution is -2.47. The van der Waals surface area contributed by atoms with Gasteiger partial charge in [-0.2, -0.15) is 0 Å². The van der Waals surface area contributed by atoms with Crippen molar-refractivity contribution in [3.05, 3.63) is 29.3 Å². The van der Waals surface area contributed by atoms with Gasteiger partial charge in [-0.1, -0.05) is 12.1 Å². The number of nitrogens with zero attached hydrogens (tertiary/aromatic N) is 2. The maximum absolute atomic E-state index is 12.0. The molecule has 4 nitrogen and oxygen atoms in total. The zero-order valence-corrected chi connectivity index (χ0v) is 13.6. The number of phenols is 1. The van der Waals surface area contributed by atoms with E-state index in [0.29, 0.717) is 30.0 Å². The minimum absolute atomic E-state index is 0.300. The number of aromatic hydroxyl groups is 1. The number of rotatable bonds is 3. The van der Waals surface area contributed by atoms with E-state index in [1.165, 1.54) is 5.56 Å². The molecule has 0 saturated carbocycles. The molecule has 0 spiro atoms. The molecule has 1 saturated heterocycles. The summed E-state index contributed by atoms with van der Waals surface area (Å²) in [6.45, 7) is 8.04. The first-order valence-corrected chi connectivity index (χ1v) is 8.36. The normalized spacial score (nSPS) is 23.0. The average Bonchev–Trinajstić information content (AvgIpc) is 2.49. The number of amides is 1. The van der Waals surface area contributed by atoms with Crippen molar-refractivity contribution in [2.75, 3.05) is 19.6 Å². The molecule has 1 N–H and O–H groups in total. The van der Waals surface area contributed by atoms with Gasteiger partial charge in [0.1, 0.15) is 5.75 Å². The van der Waals surface area contributed by atoms with E-state index in [-0.39, 0.29) is 0 Å². The van der Waals surface area contributed by atoms with E-state index in [1.807, 2.05) is 11.0 Å². The lowest BCUT2D eigenvalue weighted by Gasteiger charge is -2.38. The van der Waals surface area contributed by atoms with Gasteiger partial charge in [-0.05, 0) is 49.8 Å². The van der Waals surface area contributed by atoms with Crippen LogP contribution in [0.5, 0.6) is 5.75 Å². The Labute approximate surface area is 132 Å². The molecule has 1 amide bonds. The molecule has 2 aliphatic heterocycles. The summed E-state index contributed by atoms with van der Waals surface area (Å²) < 4.78 is 0. The van der Waals surface area contributed by atoms with Gasteiger partial charge < -0.3 is 10.0 Å². The van der Waals surface area contributed by atoms with Crippen molar-refractivity contribution in [2.24, 2.45) is 5.92 Å². The monoisotopic (exact) mass is 302 g/mol. The highest BCUT2D eigenvalue weighted by Gasteiger charge is 2.29. The molecule has 1 atom stereocenters. The smallest absolute Gasteiger partial charge is 0.222 e. The number of benzene rings is 1. The third-order valence-electron chi connectivity index (χ3n) is 5.00. The highest BCUT2D eigenvalue weighted by atomic mass is 16.3. The molecule has 22 heavy (non-hydrogen) atoms. The second-order valence-corrected chi connectivity index (χ2v) is 6.94. The van der Waals surface area contributed by atoms with Crippen molar-refractivity contribution in [1.29, 1.82) is 0 Å². The number of piperidine rings is 1. The molecule has 1 aromatic carbocycles. The van der Waals surface area contributed by atoms with Crippen LogP contribution in [0.2, 0.25) is 0 Å². The number of carbonyl (C=O) groups excluding carboxylic acids is 1. The number of likely N-dealkylation sites (tertiary alicyclic amines) is 1. The van der Waals surface area contributed by atoms with Crippen molar-refractivity contribution in [3.63, 3.8) is 0 Å². The summed E-state index contributed by atoms with van der Waals surface area (Å²) in [4.78, 5) is 16.5. The van der Waals surface area contributed by atoms with E-state index in [2.05, 4.69) is 24.8 Å². The Morgan fingerprint density at radius 3 is 2.91 bits per heavy atom. The van der Waals surface area contributed by atoms with Crippen LogP contribution in [0.1, 0.15) is 37.8 Å². The van der Waals surface area contributed by atoms with Gasteiger partial charge in [0.15, 0.2) is 0 Å². The van der Waals surface area contributed by atoms with Crippen LogP contribution in [0.15, 0.2) is 18.2 Å². The fourth-order valence-corrected chi connectivity index (χ4v) is 3.76. The molecule has 1 aromatic rings. The molecular formula is C18H26N2O2. The quantitative estimate of drug-likeness (QED) is 0.932. The Hall–Kier alpha value is -1.55. The van der Waals surface area contributed by atoms with E-state index in [0.717, 1.165) is 44.6 Å². The van der Waals surface area contributed by atoms with Crippen LogP contribution in [0.25, 0.3) is 0 Å².